The van der Waals surface area contributed by atoms with Crippen molar-refractivity contribution < 1.29 is 14.3 Å². The number of methoxy groups -OCH3 is 1. The summed E-state index contributed by atoms with van der Waals surface area (Å²) in [5.74, 6) is 0.197. The van der Waals surface area contributed by atoms with Crippen LogP contribution in [0.2, 0.25) is 5.15 Å². The lowest BCUT2D eigenvalue weighted by atomic mass is 9.92. The average molecular weight is 416 g/mol. The Labute approximate surface area is 176 Å². The van der Waals surface area contributed by atoms with Crippen molar-refractivity contribution in [3.05, 3.63) is 58.9 Å². The van der Waals surface area contributed by atoms with Crippen LogP contribution in [0.4, 0.5) is 0 Å². The maximum atomic E-state index is 13.0. The van der Waals surface area contributed by atoms with Gasteiger partial charge < -0.3 is 15.0 Å². The van der Waals surface area contributed by atoms with Gasteiger partial charge in [-0.05, 0) is 35.7 Å². The highest BCUT2D eigenvalue weighted by molar-refractivity contribution is 6.29. The van der Waals surface area contributed by atoms with Gasteiger partial charge in [-0.3, -0.25) is 9.59 Å². The van der Waals surface area contributed by atoms with Gasteiger partial charge in [0.2, 0.25) is 11.8 Å². The van der Waals surface area contributed by atoms with Crippen molar-refractivity contribution >= 4 is 23.4 Å². The van der Waals surface area contributed by atoms with E-state index < -0.39 is 5.92 Å². The molecule has 0 spiro atoms. The summed E-state index contributed by atoms with van der Waals surface area (Å²) in [6.07, 6.45) is 3.74. The predicted octanol–water partition coefficient (Wildman–Crippen LogP) is 3.75. The van der Waals surface area contributed by atoms with E-state index in [1.54, 1.807) is 19.4 Å². The Kier molecular flexibility index (Phi) is 7.09. The monoisotopic (exact) mass is 415 g/mol. The molecule has 2 atom stereocenters. The van der Waals surface area contributed by atoms with Gasteiger partial charge in [0.15, 0.2) is 0 Å². The zero-order valence-corrected chi connectivity index (χ0v) is 17.5. The normalized spacial score (nSPS) is 18.7. The molecular formula is C22H26ClN3O3. The summed E-state index contributed by atoms with van der Waals surface area (Å²) in [5.41, 5.74) is 1.80. The molecule has 154 valence electrons. The first kappa shape index (κ1) is 21.1. The molecule has 1 aromatic heterocycles. The van der Waals surface area contributed by atoms with E-state index in [0.717, 1.165) is 29.7 Å². The molecule has 1 aromatic carbocycles. The zero-order valence-electron chi connectivity index (χ0n) is 16.7. The third kappa shape index (κ3) is 5.07. The summed E-state index contributed by atoms with van der Waals surface area (Å²) in [6, 6.07) is 10.8. The molecule has 7 heteroatoms. The number of carbonyl (C=O) groups excluding carboxylic acids is 2. The number of carbonyl (C=O) groups is 2. The molecule has 1 aliphatic heterocycles. The Hall–Kier alpha value is -2.60. The molecule has 1 saturated heterocycles. The van der Waals surface area contributed by atoms with Crippen molar-refractivity contribution in [2.45, 2.75) is 38.8 Å². The fraction of sp³-hybridized carbons (Fsp3) is 0.409. The smallest absolute Gasteiger partial charge is 0.226 e. The minimum Gasteiger partial charge on any atom is -0.497 e. The SMILES string of the molecule is CCCCN1C(=O)CC(C(=O)NCc2ccc(Cl)nc2)C1c1ccc(OC)cc1. The molecule has 0 radical (unpaired) electrons. The molecule has 1 aliphatic rings. The summed E-state index contributed by atoms with van der Waals surface area (Å²) in [6.45, 7) is 3.09. The Morgan fingerprint density at radius 3 is 2.66 bits per heavy atom. The Morgan fingerprint density at radius 2 is 2.03 bits per heavy atom. The molecule has 0 aliphatic carbocycles. The third-order valence-corrected chi connectivity index (χ3v) is 5.46. The van der Waals surface area contributed by atoms with Gasteiger partial charge in [-0.25, -0.2) is 4.98 Å². The second-order valence-electron chi connectivity index (χ2n) is 7.18. The van der Waals surface area contributed by atoms with Crippen LogP contribution in [0.3, 0.4) is 0 Å². The van der Waals surface area contributed by atoms with Gasteiger partial charge in [0.1, 0.15) is 10.9 Å². The van der Waals surface area contributed by atoms with Crippen LogP contribution in [-0.2, 0) is 16.1 Å². The number of nitrogens with one attached hydrogen (secondary N) is 1. The molecule has 0 saturated carbocycles. The lowest BCUT2D eigenvalue weighted by molar-refractivity contribution is -0.129. The lowest BCUT2D eigenvalue weighted by Gasteiger charge is -2.28. The number of ether oxygens (including phenoxy) is 1. The van der Waals surface area contributed by atoms with E-state index in [2.05, 4.69) is 17.2 Å². The van der Waals surface area contributed by atoms with Gasteiger partial charge in [-0.15, -0.1) is 0 Å². The predicted molar refractivity (Wildman–Crippen MR) is 112 cm³/mol. The summed E-state index contributed by atoms with van der Waals surface area (Å²) in [5, 5.41) is 3.36. The van der Waals surface area contributed by atoms with Gasteiger partial charge >= 0.3 is 0 Å². The lowest BCUT2D eigenvalue weighted by Crippen LogP contribution is -2.35. The van der Waals surface area contributed by atoms with E-state index in [0.29, 0.717) is 18.2 Å². The van der Waals surface area contributed by atoms with E-state index in [9.17, 15) is 9.59 Å². The zero-order chi connectivity index (χ0) is 20.8. The number of amides is 2. The highest BCUT2D eigenvalue weighted by Crippen LogP contribution is 2.39. The van der Waals surface area contributed by atoms with E-state index in [1.807, 2.05) is 35.2 Å². The van der Waals surface area contributed by atoms with Crippen LogP contribution in [0.1, 0.15) is 43.4 Å². The molecule has 1 N–H and O–H groups in total. The minimum atomic E-state index is -0.437. The first-order valence-electron chi connectivity index (χ1n) is 9.85. The number of pyridine rings is 1. The molecule has 29 heavy (non-hydrogen) atoms. The maximum Gasteiger partial charge on any atom is 0.226 e. The van der Waals surface area contributed by atoms with Gasteiger partial charge in [0.25, 0.3) is 0 Å². The van der Waals surface area contributed by atoms with E-state index in [-0.39, 0.29) is 24.3 Å². The van der Waals surface area contributed by atoms with Gasteiger partial charge in [0.05, 0.1) is 19.1 Å². The van der Waals surface area contributed by atoms with Crippen LogP contribution in [0.25, 0.3) is 0 Å². The molecule has 2 aromatic rings. The number of halogens is 1. The number of rotatable bonds is 8. The molecule has 0 bridgehead atoms. The molecule has 6 nitrogen and oxygen atoms in total. The third-order valence-electron chi connectivity index (χ3n) is 5.23. The van der Waals surface area contributed by atoms with E-state index in [4.69, 9.17) is 16.3 Å². The van der Waals surface area contributed by atoms with Crippen LogP contribution in [0, 0.1) is 5.92 Å². The second-order valence-corrected chi connectivity index (χ2v) is 7.56. The molecule has 2 amide bonds. The average Bonchev–Trinajstić information content (AvgIpc) is 3.07. The van der Waals surface area contributed by atoms with Crippen molar-refractivity contribution in [1.82, 2.24) is 15.2 Å². The van der Waals surface area contributed by atoms with E-state index in [1.165, 1.54) is 0 Å². The largest absolute Gasteiger partial charge is 0.497 e. The molecular weight excluding hydrogens is 390 g/mol. The first-order chi connectivity index (χ1) is 14.0. The highest BCUT2D eigenvalue weighted by Gasteiger charge is 2.44. The number of hydrogen-bond donors (Lipinski definition) is 1. The second kappa shape index (κ2) is 9.74. The maximum absolute atomic E-state index is 13.0. The molecule has 2 heterocycles. The molecule has 2 unspecified atom stereocenters. The van der Waals surface area contributed by atoms with Crippen molar-refractivity contribution in [2.24, 2.45) is 5.92 Å². The number of unbranched alkanes of at least 4 members (excludes halogenated alkanes) is 1. The summed E-state index contributed by atoms with van der Waals surface area (Å²) in [7, 11) is 1.61. The van der Waals surface area contributed by atoms with Crippen molar-refractivity contribution in [3.63, 3.8) is 0 Å². The number of benzene rings is 1. The summed E-state index contributed by atoms with van der Waals surface area (Å²) < 4.78 is 5.24. The van der Waals surface area contributed by atoms with Crippen molar-refractivity contribution in [2.75, 3.05) is 13.7 Å². The van der Waals surface area contributed by atoms with Crippen LogP contribution in [-0.4, -0.2) is 35.4 Å². The fourth-order valence-electron chi connectivity index (χ4n) is 3.66. The summed E-state index contributed by atoms with van der Waals surface area (Å²) in [4.78, 5) is 31.6. The van der Waals surface area contributed by atoms with Gasteiger partial charge in [-0.2, -0.15) is 0 Å². The van der Waals surface area contributed by atoms with Crippen molar-refractivity contribution in [3.8, 4) is 5.75 Å². The standard InChI is InChI=1S/C22H26ClN3O3/c1-3-4-11-26-20(27)12-18(21(26)16-6-8-17(29-2)9-7-16)22(28)25-14-15-5-10-19(23)24-13-15/h5-10,13,18,21H,3-4,11-12,14H2,1-2H3,(H,25,28). The first-order valence-corrected chi connectivity index (χ1v) is 10.2. The number of nitrogens with zero attached hydrogens (tertiary/aromatic N) is 2. The van der Waals surface area contributed by atoms with Crippen LogP contribution in [0.5, 0.6) is 5.75 Å². The molecule has 1 fully saturated rings. The summed E-state index contributed by atoms with van der Waals surface area (Å²) >= 11 is 5.81. The van der Waals surface area contributed by atoms with Gasteiger partial charge in [0, 0.05) is 25.7 Å². The molecule has 3 rings (SSSR count). The topological polar surface area (TPSA) is 71.5 Å². The Morgan fingerprint density at radius 1 is 1.28 bits per heavy atom. The Balaban J connectivity index is 1.78. The minimum absolute atomic E-state index is 0.0209. The van der Waals surface area contributed by atoms with Crippen LogP contribution >= 0.6 is 11.6 Å². The van der Waals surface area contributed by atoms with Crippen molar-refractivity contribution in [1.29, 1.82) is 0 Å². The number of hydrogen-bond acceptors (Lipinski definition) is 4. The van der Waals surface area contributed by atoms with E-state index >= 15 is 0 Å². The number of aromatic nitrogens is 1. The highest BCUT2D eigenvalue weighted by atomic mass is 35.5. The Bertz CT molecular complexity index is 839. The van der Waals surface area contributed by atoms with Gasteiger partial charge in [-0.1, -0.05) is 43.1 Å². The number of likely N-dealkylation sites (tertiary alicyclic amines) is 1. The quantitative estimate of drug-likeness (QED) is 0.666. The van der Waals surface area contributed by atoms with Crippen LogP contribution < -0.4 is 10.1 Å². The van der Waals surface area contributed by atoms with Crippen LogP contribution in [0.15, 0.2) is 42.6 Å². The fourth-order valence-corrected chi connectivity index (χ4v) is 3.77.